The van der Waals surface area contributed by atoms with Crippen LogP contribution < -0.4 is 4.74 Å². The second-order valence-electron chi connectivity index (χ2n) is 7.13. The average Bonchev–Trinajstić information content (AvgIpc) is 2.44. The number of aliphatic hydroxyl groups is 1. The van der Waals surface area contributed by atoms with Crippen LogP contribution in [0.4, 0.5) is 0 Å². The van der Waals surface area contributed by atoms with E-state index in [-0.39, 0.29) is 0 Å². The molecule has 2 heteroatoms. The van der Waals surface area contributed by atoms with Gasteiger partial charge in [-0.3, -0.25) is 0 Å². The highest BCUT2D eigenvalue weighted by Crippen LogP contribution is 2.49. The van der Waals surface area contributed by atoms with E-state index in [0.29, 0.717) is 11.8 Å². The molecular weight excluding hydrogens is 248 g/mol. The molecule has 2 aliphatic carbocycles. The molecule has 3 atom stereocenters. The van der Waals surface area contributed by atoms with E-state index in [2.05, 4.69) is 18.2 Å². The van der Waals surface area contributed by atoms with Gasteiger partial charge in [-0.1, -0.05) is 6.07 Å². The van der Waals surface area contributed by atoms with E-state index >= 15 is 0 Å². The van der Waals surface area contributed by atoms with Crippen LogP contribution in [-0.4, -0.2) is 17.8 Å². The molecule has 0 saturated heterocycles. The maximum absolute atomic E-state index is 10.3. The minimum Gasteiger partial charge on any atom is -0.497 e. The van der Waals surface area contributed by atoms with Crippen LogP contribution in [-0.2, 0) is 6.42 Å². The first-order valence-electron chi connectivity index (χ1n) is 7.88. The summed E-state index contributed by atoms with van der Waals surface area (Å²) in [5, 5.41) is 10.3. The molecule has 0 heterocycles. The third kappa shape index (κ3) is 2.46. The first kappa shape index (κ1) is 13.9. The van der Waals surface area contributed by atoms with E-state index < -0.39 is 5.60 Å². The number of hydrogen-bond acceptors (Lipinski definition) is 2. The van der Waals surface area contributed by atoms with Gasteiger partial charge < -0.3 is 9.84 Å². The fourth-order valence-electron chi connectivity index (χ4n) is 4.26. The van der Waals surface area contributed by atoms with Crippen LogP contribution in [0.2, 0.25) is 0 Å². The first-order valence-corrected chi connectivity index (χ1v) is 7.88. The van der Waals surface area contributed by atoms with Crippen LogP contribution in [0.1, 0.15) is 56.6 Å². The molecule has 0 aromatic heterocycles. The Labute approximate surface area is 122 Å². The Morgan fingerprint density at radius 3 is 2.70 bits per heavy atom. The zero-order chi connectivity index (χ0) is 14.3. The van der Waals surface area contributed by atoms with Gasteiger partial charge in [-0.15, -0.1) is 0 Å². The fourth-order valence-corrected chi connectivity index (χ4v) is 4.26. The molecule has 20 heavy (non-hydrogen) atoms. The summed E-state index contributed by atoms with van der Waals surface area (Å²) in [6, 6.07) is 6.59. The molecule has 0 amide bonds. The van der Waals surface area contributed by atoms with Crippen LogP contribution in [0.25, 0.3) is 0 Å². The predicted octanol–water partition coefficient (Wildman–Crippen LogP) is 3.91. The molecule has 110 valence electrons. The number of benzene rings is 1. The van der Waals surface area contributed by atoms with E-state index in [1.54, 1.807) is 7.11 Å². The summed E-state index contributed by atoms with van der Waals surface area (Å²) < 4.78 is 5.34. The maximum Gasteiger partial charge on any atom is 0.119 e. The van der Waals surface area contributed by atoms with Crippen molar-refractivity contribution in [1.82, 2.24) is 0 Å². The Morgan fingerprint density at radius 2 is 2.00 bits per heavy atom. The summed E-state index contributed by atoms with van der Waals surface area (Å²) in [7, 11) is 1.74. The third-order valence-corrected chi connectivity index (χ3v) is 5.52. The van der Waals surface area contributed by atoms with Gasteiger partial charge in [-0.25, -0.2) is 0 Å². The molecule has 1 saturated carbocycles. The molecular formula is C18H26O2. The maximum atomic E-state index is 10.3. The largest absolute Gasteiger partial charge is 0.497 e. The molecule has 1 aromatic rings. The van der Waals surface area contributed by atoms with E-state index in [4.69, 9.17) is 4.74 Å². The minimum atomic E-state index is -0.523. The van der Waals surface area contributed by atoms with Crippen LogP contribution in [0.3, 0.4) is 0 Å². The van der Waals surface area contributed by atoms with Gasteiger partial charge in [0.2, 0.25) is 0 Å². The minimum absolute atomic E-state index is 0.462. The van der Waals surface area contributed by atoms with Crippen LogP contribution in [0.15, 0.2) is 18.2 Å². The zero-order valence-electron chi connectivity index (χ0n) is 12.9. The van der Waals surface area contributed by atoms with Gasteiger partial charge in [0.1, 0.15) is 5.75 Å². The van der Waals surface area contributed by atoms with Crippen molar-refractivity contribution in [2.75, 3.05) is 7.11 Å². The van der Waals surface area contributed by atoms with Gasteiger partial charge in [-0.05, 0) is 87.0 Å². The van der Waals surface area contributed by atoms with E-state index in [1.165, 1.54) is 30.4 Å². The molecule has 1 fully saturated rings. The highest BCUT2D eigenvalue weighted by atomic mass is 16.5. The lowest BCUT2D eigenvalue weighted by atomic mass is 9.63. The van der Waals surface area contributed by atoms with Crippen LogP contribution in [0, 0.1) is 11.8 Å². The molecule has 2 aliphatic rings. The topological polar surface area (TPSA) is 29.5 Å². The summed E-state index contributed by atoms with van der Waals surface area (Å²) in [5.41, 5.74) is 2.49. The lowest BCUT2D eigenvalue weighted by Crippen LogP contribution is -2.38. The summed E-state index contributed by atoms with van der Waals surface area (Å²) in [4.78, 5) is 0. The number of aryl methyl sites for hydroxylation is 1. The van der Waals surface area contributed by atoms with Gasteiger partial charge in [0.25, 0.3) is 0 Å². The summed E-state index contributed by atoms with van der Waals surface area (Å²) in [5.74, 6) is 2.89. The van der Waals surface area contributed by atoms with E-state index in [1.807, 2.05) is 13.8 Å². The van der Waals surface area contributed by atoms with E-state index in [0.717, 1.165) is 24.5 Å². The summed E-state index contributed by atoms with van der Waals surface area (Å²) >= 11 is 0. The number of hydrogen-bond donors (Lipinski definition) is 1. The average molecular weight is 274 g/mol. The molecule has 0 aliphatic heterocycles. The zero-order valence-corrected chi connectivity index (χ0v) is 12.9. The summed E-state index contributed by atoms with van der Waals surface area (Å²) in [6.45, 7) is 3.94. The Balaban J connectivity index is 1.82. The molecule has 0 spiro atoms. The van der Waals surface area contributed by atoms with Gasteiger partial charge in [0.15, 0.2) is 0 Å². The normalized spacial score (nSPS) is 29.5. The standard InChI is InChI=1S/C18H26O2/c1-18(2,19)14-6-8-16-12(10-14)4-5-13-11-15(20-3)7-9-17(13)16/h7,9,11-12,14,16,19H,4-6,8,10H2,1-3H3. The fraction of sp³-hybridized carbons (Fsp3) is 0.667. The van der Waals surface area contributed by atoms with Crippen LogP contribution >= 0.6 is 0 Å². The SMILES string of the molecule is COc1ccc2c(c1)CCC1CC(C(C)(C)O)CCC21. The van der Waals surface area contributed by atoms with Crippen molar-refractivity contribution in [2.45, 2.75) is 57.5 Å². The van der Waals surface area contributed by atoms with Crippen molar-refractivity contribution in [1.29, 1.82) is 0 Å². The highest BCUT2D eigenvalue weighted by molar-refractivity contribution is 5.40. The van der Waals surface area contributed by atoms with Crippen molar-refractivity contribution in [3.8, 4) is 5.75 Å². The van der Waals surface area contributed by atoms with Gasteiger partial charge in [0.05, 0.1) is 12.7 Å². The second kappa shape index (κ2) is 5.07. The van der Waals surface area contributed by atoms with Crippen molar-refractivity contribution >= 4 is 0 Å². The number of rotatable bonds is 2. The van der Waals surface area contributed by atoms with Crippen LogP contribution in [0.5, 0.6) is 5.75 Å². The van der Waals surface area contributed by atoms with Gasteiger partial charge >= 0.3 is 0 Å². The Hall–Kier alpha value is -1.02. The monoisotopic (exact) mass is 274 g/mol. The molecule has 0 bridgehead atoms. The highest BCUT2D eigenvalue weighted by Gasteiger charge is 2.39. The Morgan fingerprint density at radius 1 is 1.20 bits per heavy atom. The van der Waals surface area contributed by atoms with E-state index in [9.17, 15) is 5.11 Å². The molecule has 1 aromatic carbocycles. The van der Waals surface area contributed by atoms with Crippen molar-refractivity contribution in [2.24, 2.45) is 11.8 Å². The smallest absolute Gasteiger partial charge is 0.119 e. The van der Waals surface area contributed by atoms with Gasteiger partial charge in [0, 0.05) is 0 Å². The first-order chi connectivity index (χ1) is 9.49. The number of methoxy groups -OCH3 is 1. The van der Waals surface area contributed by atoms with Gasteiger partial charge in [-0.2, -0.15) is 0 Å². The molecule has 0 radical (unpaired) electrons. The third-order valence-electron chi connectivity index (χ3n) is 5.52. The van der Waals surface area contributed by atoms with Crippen molar-refractivity contribution < 1.29 is 9.84 Å². The number of ether oxygens (including phenoxy) is 1. The summed E-state index contributed by atoms with van der Waals surface area (Å²) in [6.07, 6.45) is 5.97. The quantitative estimate of drug-likeness (QED) is 0.886. The predicted molar refractivity (Wildman–Crippen MR) is 81.2 cm³/mol. The molecule has 2 nitrogen and oxygen atoms in total. The molecule has 3 rings (SSSR count). The molecule has 3 unspecified atom stereocenters. The van der Waals surface area contributed by atoms with Crippen molar-refractivity contribution in [3.63, 3.8) is 0 Å². The van der Waals surface area contributed by atoms with Crippen molar-refractivity contribution in [3.05, 3.63) is 29.3 Å². The Bertz CT molecular complexity index is 487. The lowest BCUT2D eigenvalue weighted by Gasteiger charge is -2.44. The Kier molecular flexibility index (Phi) is 3.53. The lowest BCUT2D eigenvalue weighted by molar-refractivity contribution is -0.0154. The second-order valence-corrected chi connectivity index (χ2v) is 7.13. The number of fused-ring (bicyclic) bond motifs is 3. The molecule has 1 N–H and O–H groups in total.